The lowest BCUT2D eigenvalue weighted by atomic mass is 9.78. The smallest absolute Gasteiger partial charge is 0.0593 e. The standard InChI is InChI=1S/C17H35NO3/c1-4-15-7-8-17(19)16(13-15)14-18(9-11-20-5-2)10-12-21-6-3/h15-17,19H,4-14H2,1-3H3. The molecular weight excluding hydrogens is 266 g/mol. The van der Waals surface area contributed by atoms with E-state index in [0.717, 1.165) is 64.8 Å². The molecule has 0 heterocycles. The van der Waals surface area contributed by atoms with Crippen molar-refractivity contribution in [3.63, 3.8) is 0 Å². The fraction of sp³-hybridized carbons (Fsp3) is 1.00. The van der Waals surface area contributed by atoms with Crippen LogP contribution in [0.3, 0.4) is 0 Å². The monoisotopic (exact) mass is 301 g/mol. The van der Waals surface area contributed by atoms with Gasteiger partial charge in [-0.3, -0.25) is 4.90 Å². The lowest BCUT2D eigenvalue weighted by Crippen LogP contribution is -2.41. The molecule has 0 aromatic rings. The second-order valence-electron chi connectivity index (χ2n) is 6.11. The van der Waals surface area contributed by atoms with Crippen molar-refractivity contribution in [3.8, 4) is 0 Å². The lowest BCUT2D eigenvalue weighted by Gasteiger charge is -2.36. The Morgan fingerprint density at radius 2 is 1.62 bits per heavy atom. The molecule has 1 aliphatic carbocycles. The number of hydrogen-bond donors (Lipinski definition) is 1. The number of aliphatic hydroxyl groups excluding tert-OH is 1. The van der Waals surface area contributed by atoms with Crippen LogP contribution in [0.4, 0.5) is 0 Å². The molecule has 0 aromatic carbocycles. The topological polar surface area (TPSA) is 41.9 Å². The molecule has 126 valence electrons. The van der Waals surface area contributed by atoms with E-state index in [1.54, 1.807) is 0 Å². The molecule has 0 saturated heterocycles. The van der Waals surface area contributed by atoms with Crippen molar-refractivity contribution in [1.82, 2.24) is 4.90 Å². The second-order valence-corrected chi connectivity index (χ2v) is 6.11. The Balaban J connectivity index is 2.43. The molecule has 3 unspecified atom stereocenters. The summed E-state index contributed by atoms with van der Waals surface area (Å²) in [6, 6.07) is 0. The van der Waals surface area contributed by atoms with Gasteiger partial charge in [-0.05, 0) is 44.9 Å². The summed E-state index contributed by atoms with van der Waals surface area (Å²) in [4.78, 5) is 2.40. The molecule has 1 aliphatic rings. The van der Waals surface area contributed by atoms with E-state index in [1.807, 2.05) is 13.8 Å². The molecule has 3 atom stereocenters. The Morgan fingerprint density at radius 1 is 1.00 bits per heavy atom. The van der Waals surface area contributed by atoms with Gasteiger partial charge < -0.3 is 14.6 Å². The van der Waals surface area contributed by atoms with Crippen LogP contribution >= 0.6 is 0 Å². The highest BCUT2D eigenvalue weighted by molar-refractivity contribution is 4.81. The molecule has 4 nitrogen and oxygen atoms in total. The molecule has 0 spiro atoms. The van der Waals surface area contributed by atoms with Crippen LogP contribution in [-0.2, 0) is 9.47 Å². The maximum Gasteiger partial charge on any atom is 0.0593 e. The van der Waals surface area contributed by atoms with E-state index in [9.17, 15) is 5.11 Å². The number of hydrogen-bond acceptors (Lipinski definition) is 4. The molecule has 1 fully saturated rings. The largest absolute Gasteiger partial charge is 0.393 e. The van der Waals surface area contributed by atoms with Gasteiger partial charge in [0.15, 0.2) is 0 Å². The molecule has 21 heavy (non-hydrogen) atoms. The van der Waals surface area contributed by atoms with E-state index in [2.05, 4.69) is 11.8 Å². The third-order valence-corrected chi connectivity index (χ3v) is 4.63. The Morgan fingerprint density at radius 3 is 2.14 bits per heavy atom. The molecule has 1 N–H and O–H groups in total. The van der Waals surface area contributed by atoms with Crippen LogP contribution in [0, 0.1) is 11.8 Å². The minimum Gasteiger partial charge on any atom is -0.393 e. The van der Waals surface area contributed by atoms with Crippen molar-refractivity contribution in [2.45, 2.75) is 52.6 Å². The Kier molecular flexibility index (Phi) is 10.3. The summed E-state index contributed by atoms with van der Waals surface area (Å²) in [5, 5.41) is 10.3. The van der Waals surface area contributed by atoms with Crippen LogP contribution in [-0.4, -0.2) is 62.2 Å². The Hall–Kier alpha value is -0.160. The van der Waals surface area contributed by atoms with Gasteiger partial charge >= 0.3 is 0 Å². The van der Waals surface area contributed by atoms with E-state index in [1.165, 1.54) is 12.8 Å². The van der Waals surface area contributed by atoms with E-state index >= 15 is 0 Å². The maximum atomic E-state index is 10.3. The van der Waals surface area contributed by atoms with Gasteiger partial charge in [-0.1, -0.05) is 13.3 Å². The van der Waals surface area contributed by atoms with Gasteiger partial charge in [0.25, 0.3) is 0 Å². The maximum absolute atomic E-state index is 10.3. The van der Waals surface area contributed by atoms with Crippen molar-refractivity contribution < 1.29 is 14.6 Å². The molecule has 1 saturated carbocycles. The summed E-state index contributed by atoms with van der Waals surface area (Å²) in [7, 11) is 0. The highest BCUT2D eigenvalue weighted by atomic mass is 16.5. The van der Waals surface area contributed by atoms with Gasteiger partial charge in [0, 0.05) is 32.8 Å². The number of rotatable bonds is 11. The zero-order chi connectivity index (χ0) is 15.5. The van der Waals surface area contributed by atoms with E-state index in [-0.39, 0.29) is 6.10 Å². The lowest BCUT2D eigenvalue weighted by molar-refractivity contribution is 0.0127. The molecule has 0 bridgehead atoms. The minimum atomic E-state index is -0.130. The molecule has 4 heteroatoms. The van der Waals surface area contributed by atoms with Gasteiger partial charge in [0.1, 0.15) is 0 Å². The summed E-state index contributed by atoms with van der Waals surface area (Å²) in [5.41, 5.74) is 0. The summed E-state index contributed by atoms with van der Waals surface area (Å²) in [5.74, 6) is 1.20. The van der Waals surface area contributed by atoms with Crippen molar-refractivity contribution >= 4 is 0 Å². The fourth-order valence-electron chi connectivity index (χ4n) is 3.21. The molecular formula is C17H35NO3. The fourth-order valence-corrected chi connectivity index (χ4v) is 3.21. The minimum absolute atomic E-state index is 0.130. The van der Waals surface area contributed by atoms with Gasteiger partial charge in [-0.25, -0.2) is 0 Å². The normalized spacial score (nSPS) is 26.4. The Bertz CT molecular complexity index is 240. The van der Waals surface area contributed by atoms with E-state index < -0.39 is 0 Å². The third kappa shape index (κ3) is 7.59. The van der Waals surface area contributed by atoms with Crippen molar-refractivity contribution in [3.05, 3.63) is 0 Å². The van der Waals surface area contributed by atoms with Gasteiger partial charge in [-0.2, -0.15) is 0 Å². The number of ether oxygens (including phenoxy) is 2. The van der Waals surface area contributed by atoms with Crippen LogP contribution in [0.2, 0.25) is 0 Å². The summed E-state index contributed by atoms with van der Waals surface area (Å²) >= 11 is 0. The first-order valence-electron chi connectivity index (χ1n) is 8.77. The SMILES string of the molecule is CCOCCN(CCOCC)CC1CC(CC)CCC1O. The summed E-state index contributed by atoms with van der Waals surface area (Å²) < 4.78 is 11.0. The average molecular weight is 301 g/mol. The second kappa shape index (κ2) is 11.4. The average Bonchev–Trinajstić information content (AvgIpc) is 2.49. The molecule has 0 amide bonds. The predicted molar refractivity (Wildman–Crippen MR) is 86.6 cm³/mol. The van der Waals surface area contributed by atoms with Crippen LogP contribution in [0.15, 0.2) is 0 Å². The molecule has 0 aliphatic heterocycles. The quantitative estimate of drug-likeness (QED) is 0.596. The van der Waals surface area contributed by atoms with Gasteiger partial charge in [0.2, 0.25) is 0 Å². The Labute approximate surface area is 130 Å². The first kappa shape index (κ1) is 18.9. The highest BCUT2D eigenvalue weighted by Gasteiger charge is 2.29. The first-order valence-corrected chi connectivity index (χ1v) is 8.77. The molecule has 1 rings (SSSR count). The van der Waals surface area contributed by atoms with Gasteiger partial charge in [-0.15, -0.1) is 0 Å². The van der Waals surface area contributed by atoms with Crippen LogP contribution in [0.25, 0.3) is 0 Å². The first-order chi connectivity index (χ1) is 10.2. The highest BCUT2D eigenvalue weighted by Crippen LogP contribution is 2.31. The van der Waals surface area contributed by atoms with Crippen molar-refractivity contribution in [1.29, 1.82) is 0 Å². The zero-order valence-corrected chi connectivity index (χ0v) is 14.2. The summed E-state index contributed by atoms with van der Waals surface area (Å²) in [6.45, 7) is 12.2. The third-order valence-electron chi connectivity index (χ3n) is 4.63. The van der Waals surface area contributed by atoms with E-state index in [0.29, 0.717) is 5.92 Å². The molecule has 0 radical (unpaired) electrons. The number of nitrogens with zero attached hydrogens (tertiary/aromatic N) is 1. The van der Waals surface area contributed by atoms with Crippen molar-refractivity contribution in [2.24, 2.45) is 11.8 Å². The van der Waals surface area contributed by atoms with Crippen LogP contribution < -0.4 is 0 Å². The number of aliphatic hydroxyl groups is 1. The molecule has 0 aromatic heterocycles. The van der Waals surface area contributed by atoms with E-state index in [4.69, 9.17) is 9.47 Å². The van der Waals surface area contributed by atoms with Crippen molar-refractivity contribution in [2.75, 3.05) is 46.1 Å². The van der Waals surface area contributed by atoms with Crippen LogP contribution in [0.5, 0.6) is 0 Å². The zero-order valence-electron chi connectivity index (χ0n) is 14.2. The predicted octanol–water partition coefficient (Wildman–Crippen LogP) is 2.55. The summed E-state index contributed by atoms with van der Waals surface area (Å²) in [6.07, 6.45) is 4.42. The van der Waals surface area contributed by atoms with Gasteiger partial charge in [0.05, 0.1) is 19.3 Å². The van der Waals surface area contributed by atoms with Crippen LogP contribution in [0.1, 0.15) is 46.5 Å².